The molecule has 0 fully saturated rings. The Balaban J connectivity index is 1.89. The zero-order valence-corrected chi connectivity index (χ0v) is 12.6. The molecule has 0 bridgehead atoms. The monoisotopic (exact) mass is 307 g/mol. The first-order valence-electron chi connectivity index (χ1n) is 7.04. The van der Waals surface area contributed by atoms with E-state index in [9.17, 15) is 9.59 Å². The Morgan fingerprint density at radius 3 is 3.05 bits per heavy atom. The van der Waals surface area contributed by atoms with E-state index < -0.39 is 0 Å². The Kier molecular flexibility index (Phi) is 4.03. The molecule has 6 nitrogen and oxygen atoms in total. The highest BCUT2D eigenvalue weighted by Gasteiger charge is 2.19. The molecule has 21 heavy (non-hydrogen) atoms. The summed E-state index contributed by atoms with van der Waals surface area (Å²) in [5, 5.41) is 0.750. The van der Waals surface area contributed by atoms with Gasteiger partial charge < -0.3 is 4.98 Å². The molecule has 0 aromatic carbocycles. The van der Waals surface area contributed by atoms with Crippen molar-refractivity contribution >= 4 is 27.5 Å². The standard InChI is InChI=1S/C14H17N3O3S/c1-20-17-11(18)7-6-10-15-13(19)12-8-4-2-3-5-9(8)21-14(12)16-10/h2-7H2,1H3,(H,17,18)(H,15,16,19). The lowest BCUT2D eigenvalue weighted by Crippen LogP contribution is -2.23. The van der Waals surface area contributed by atoms with Crippen LogP contribution in [0.4, 0.5) is 0 Å². The molecular weight excluding hydrogens is 290 g/mol. The number of amides is 1. The van der Waals surface area contributed by atoms with Gasteiger partial charge in [-0.05, 0) is 31.2 Å². The lowest BCUT2D eigenvalue weighted by molar-refractivity contribution is -0.131. The summed E-state index contributed by atoms with van der Waals surface area (Å²) in [5.41, 5.74) is 3.35. The number of nitrogens with zero attached hydrogens (tertiary/aromatic N) is 1. The number of aryl methyl sites for hydroxylation is 3. The van der Waals surface area contributed by atoms with Gasteiger partial charge in [-0.1, -0.05) is 0 Å². The summed E-state index contributed by atoms with van der Waals surface area (Å²) in [7, 11) is 1.39. The molecule has 1 aliphatic rings. The molecule has 1 aliphatic carbocycles. The van der Waals surface area contributed by atoms with Crippen molar-refractivity contribution in [2.24, 2.45) is 0 Å². The van der Waals surface area contributed by atoms with Crippen LogP contribution in [0.3, 0.4) is 0 Å². The molecular formula is C14H17N3O3S. The number of H-pyrrole nitrogens is 1. The Bertz CT molecular complexity index is 735. The molecule has 2 heterocycles. The van der Waals surface area contributed by atoms with E-state index in [2.05, 4.69) is 20.3 Å². The summed E-state index contributed by atoms with van der Waals surface area (Å²) < 4.78 is 0. The number of carbonyl (C=O) groups is 1. The Morgan fingerprint density at radius 1 is 1.43 bits per heavy atom. The quantitative estimate of drug-likeness (QED) is 0.838. The number of hydrogen-bond acceptors (Lipinski definition) is 5. The van der Waals surface area contributed by atoms with Crippen LogP contribution in [-0.4, -0.2) is 23.0 Å². The minimum absolute atomic E-state index is 0.0819. The van der Waals surface area contributed by atoms with Crippen molar-refractivity contribution in [2.45, 2.75) is 38.5 Å². The maximum Gasteiger partial charge on any atom is 0.259 e. The Labute approximate surface area is 125 Å². The normalized spacial score (nSPS) is 14.1. The molecule has 0 aliphatic heterocycles. The summed E-state index contributed by atoms with van der Waals surface area (Å²) in [6.07, 6.45) is 4.95. The third-order valence-electron chi connectivity index (χ3n) is 3.68. The molecule has 1 amide bonds. The molecule has 7 heteroatoms. The van der Waals surface area contributed by atoms with Crippen molar-refractivity contribution in [1.29, 1.82) is 0 Å². The van der Waals surface area contributed by atoms with Crippen molar-refractivity contribution in [2.75, 3.05) is 7.11 Å². The van der Waals surface area contributed by atoms with Gasteiger partial charge in [0.05, 0.1) is 12.5 Å². The zero-order valence-electron chi connectivity index (χ0n) is 11.8. The summed E-state index contributed by atoms with van der Waals surface area (Å²) in [6.45, 7) is 0. The van der Waals surface area contributed by atoms with Crippen LogP contribution >= 0.6 is 11.3 Å². The molecule has 0 saturated carbocycles. The van der Waals surface area contributed by atoms with Gasteiger partial charge in [0, 0.05) is 17.7 Å². The Hall–Kier alpha value is -1.73. The fourth-order valence-corrected chi connectivity index (χ4v) is 4.00. The summed E-state index contributed by atoms with van der Waals surface area (Å²) >= 11 is 1.62. The average molecular weight is 307 g/mol. The van der Waals surface area contributed by atoms with Crippen molar-refractivity contribution < 1.29 is 9.63 Å². The van der Waals surface area contributed by atoms with Crippen LogP contribution in [-0.2, 0) is 28.9 Å². The van der Waals surface area contributed by atoms with Gasteiger partial charge in [-0.15, -0.1) is 11.3 Å². The van der Waals surface area contributed by atoms with Gasteiger partial charge in [0.15, 0.2) is 0 Å². The summed E-state index contributed by atoms with van der Waals surface area (Å²) in [5.74, 6) is 0.322. The fourth-order valence-electron chi connectivity index (χ4n) is 2.72. The first-order chi connectivity index (χ1) is 10.2. The minimum atomic E-state index is -0.231. The minimum Gasteiger partial charge on any atom is -0.310 e. The van der Waals surface area contributed by atoms with Crippen LogP contribution in [0.1, 0.15) is 35.5 Å². The highest BCUT2D eigenvalue weighted by molar-refractivity contribution is 7.18. The molecule has 0 spiro atoms. The second-order valence-corrected chi connectivity index (χ2v) is 6.22. The van der Waals surface area contributed by atoms with Gasteiger partial charge in [-0.25, -0.2) is 10.5 Å². The number of hydroxylamine groups is 1. The smallest absolute Gasteiger partial charge is 0.259 e. The number of thiophene rings is 1. The lowest BCUT2D eigenvalue weighted by Gasteiger charge is -2.09. The third kappa shape index (κ3) is 2.84. The highest BCUT2D eigenvalue weighted by atomic mass is 32.1. The van der Waals surface area contributed by atoms with Crippen molar-refractivity contribution in [1.82, 2.24) is 15.4 Å². The summed E-state index contributed by atoms with van der Waals surface area (Å²) in [4.78, 5) is 37.6. The molecule has 2 aromatic heterocycles. The molecule has 2 aromatic rings. The predicted molar refractivity (Wildman–Crippen MR) is 80.4 cm³/mol. The first kappa shape index (κ1) is 14.2. The van der Waals surface area contributed by atoms with Crippen molar-refractivity contribution in [3.05, 3.63) is 26.6 Å². The maximum atomic E-state index is 12.3. The number of rotatable bonds is 4. The van der Waals surface area contributed by atoms with Gasteiger partial charge in [0.2, 0.25) is 5.91 Å². The number of carbonyl (C=O) groups excluding carboxylic acids is 1. The highest BCUT2D eigenvalue weighted by Crippen LogP contribution is 2.33. The average Bonchev–Trinajstić information content (AvgIpc) is 2.84. The van der Waals surface area contributed by atoms with E-state index in [0.717, 1.165) is 29.5 Å². The second-order valence-electron chi connectivity index (χ2n) is 5.13. The van der Waals surface area contributed by atoms with E-state index in [1.54, 1.807) is 11.3 Å². The van der Waals surface area contributed by atoms with E-state index >= 15 is 0 Å². The molecule has 0 radical (unpaired) electrons. The Morgan fingerprint density at radius 2 is 2.24 bits per heavy atom. The van der Waals surface area contributed by atoms with Gasteiger partial charge >= 0.3 is 0 Å². The molecule has 0 atom stereocenters. The van der Waals surface area contributed by atoms with Crippen molar-refractivity contribution in [3.8, 4) is 0 Å². The van der Waals surface area contributed by atoms with Gasteiger partial charge in [0.1, 0.15) is 10.7 Å². The molecule has 112 valence electrons. The largest absolute Gasteiger partial charge is 0.310 e. The topological polar surface area (TPSA) is 84.1 Å². The number of hydrogen-bond donors (Lipinski definition) is 2. The SMILES string of the molecule is CONC(=O)CCc1nc2sc3c(c2c(=O)[nH]1)CCCC3. The predicted octanol–water partition coefficient (Wildman–Crippen LogP) is 1.47. The van der Waals surface area contributed by atoms with Crippen LogP contribution in [0, 0.1) is 0 Å². The van der Waals surface area contributed by atoms with Crippen LogP contribution in [0.5, 0.6) is 0 Å². The van der Waals surface area contributed by atoms with E-state index in [4.69, 9.17) is 0 Å². The fraction of sp³-hybridized carbons (Fsp3) is 0.500. The van der Waals surface area contributed by atoms with E-state index in [0.29, 0.717) is 12.2 Å². The van der Waals surface area contributed by atoms with Crippen LogP contribution in [0.15, 0.2) is 4.79 Å². The third-order valence-corrected chi connectivity index (χ3v) is 4.86. The maximum absolute atomic E-state index is 12.3. The number of fused-ring (bicyclic) bond motifs is 3. The molecule has 2 N–H and O–H groups in total. The summed E-state index contributed by atoms with van der Waals surface area (Å²) in [6, 6.07) is 0. The van der Waals surface area contributed by atoms with Crippen LogP contribution < -0.4 is 11.0 Å². The van der Waals surface area contributed by atoms with E-state index in [1.807, 2.05) is 0 Å². The molecule has 0 unspecified atom stereocenters. The van der Waals surface area contributed by atoms with Gasteiger partial charge in [-0.3, -0.25) is 14.4 Å². The van der Waals surface area contributed by atoms with E-state index in [-0.39, 0.29) is 17.9 Å². The molecule has 0 saturated heterocycles. The first-order valence-corrected chi connectivity index (χ1v) is 7.86. The van der Waals surface area contributed by atoms with E-state index in [1.165, 1.54) is 24.0 Å². The van der Waals surface area contributed by atoms with Crippen LogP contribution in [0.2, 0.25) is 0 Å². The second kappa shape index (κ2) is 5.95. The lowest BCUT2D eigenvalue weighted by atomic mass is 9.97. The molecule has 3 rings (SSSR count). The van der Waals surface area contributed by atoms with Crippen LogP contribution in [0.25, 0.3) is 10.2 Å². The number of aromatic nitrogens is 2. The number of aromatic amines is 1. The number of nitrogens with one attached hydrogen (secondary N) is 2. The van der Waals surface area contributed by atoms with Gasteiger partial charge in [0.25, 0.3) is 5.56 Å². The van der Waals surface area contributed by atoms with Crippen molar-refractivity contribution in [3.63, 3.8) is 0 Å². The zero-order chi connectivity index (χ0) is 14.8. The van der Waals surface area contributed by atoms with Gasteiger partial charge in [-0.2, -0.15) is 0 Å².